The van der Waals surface area contributed by atoms with Crippen molar-refractivity contribution in [2.45, 2.75) is 38.1 Å². The third-order valence-corrected chi connectivity index (χ3v) is 5.85. The van der Waals surface area contributed by atoms with Gasteiger partial charge in [0.15, 0.2) is 0 Å². The molecule has 3 aromatic rings. The number of rotatable bonds is 3. The topological polar surface area (TPSA) is 92.1 Å². The van der Waals surface area contributed by atoms with E-state index in [2.05, 4.69) is 20.8 Å². The van der Waals surface area contributed by atoms with Crippen molar-refractivity contribution >= 4 is 43.1 Å². The highest BCUT2D eigenvalue weighted by atomic mass is 32.1. The number of nitrogens with zero attached hydrogens (tertiary/aromatic N) is 3. The van der Waals surface area contributed by atoms with Crippen LogP contribution in [0.5, 0.6) is 0 Å². The molecular weight excluding hydrogens is 326 g/mol. The van der Waals surface area contributed by atoms with Crippen molar-refractivity contribution in [1.29, 1.82) is 0 Å². The van der Waals surface area contributed by atoms with E-state index in [0.29, 0.717) is 21.6 Å². The second-order valence-electron chi connectivity index (χ2n) is 6.12. The van der Waals surface area contributed by atoms with Crippen molar-refractivity contribution in [2.75, 3.05) is 17.8 Å². The minimum atomic E-state index is 0.00969. The van der Waals surface area contributed by atoms with Gasteiger partial charge in [-0.25, -0.2) is 9.97 Å². The monoisotopic (exact) mass is 345 g/mol. The van der Waals surface area contributed by atoms with E-state index in [9.17, 15) is 10.0 Å². The van der Waals surface area contributed by atoms with E-state index >= 15 is 0 Å². The maximum atomic E-state index is 13.0. The predicted octanol–water partition coefficient (Wildman–Crippen LogP) is 3.35. The minimum absolute atomic E-state index is 0.00969. The molecule has 3 heterocycles. The second-order valence-corrected chi connectivity index (χ2v) is 7.12. The predicted molar refractivity (Wildman–Crippen MR) is 96.3 cm³/mol. The number of thiophene rings is 1. The Balaban J connectivity index is 1.97. The Hall–Kier alpha value is -2.19. The number of fused-ring (bicyclic) bond motifs is 3. The highest BCUT2D eigenvalue weighted by Gasteiger charge is 2.21. The van der Waals surface area contributed by atoms with Crippen LogP contribution in [0.15, 0.2) is 17.3 Å². The van der Waals surface area contributed by atoms with Crippen molar-refractivity contribution in [3.05, 3.63) is 22.9 Å². The lowest BCUT2D eigenvalue weighted by atomic mass is 9.95. The highest BCUT2D eigenvalue weighted by Crippen LogP contribution is 2.38. The van der Waals surface area contributed by atoms with Gasteiger partial charge in [-0.15, -0.1) is 11.3 Å². The second kappa shape index (κ2) is 6.03. The van der Waals surface area contributed by atoms with E-state index in [4.69, 9.17) is 0 Å². The molecule has 0 radical (unpaired) electrons. The molecule has 0 bridgehead atoms. The van der Waals surface area contributed by atoms with Crippen LogP contribution in [0, 0.1) is 0 Å². The van der Waals surface area contributed by atoms with Gasteiger partial charge in [0.2, 0.25) is 0 Å². The van der Waals surface area contributed by atoms with E-state index < -0.39 is 0 Å². The summed E-state index contributed by atoms with van der Waals surface area (Å²) in [7, 11) is 1.77. The number of aromatic nitrogens is 3. The van der Waals surface area contributed by atoms with Gasteiger partial charge in [-0.3, -0.25) is 20.0 Å². The van der Waals surface area contributed by atoms with Gasteiger partial charge in [-0.05, 0) is 12.8 Å². The maximum Gasteiger partial charge on any atom is 0.271 e. The average Bonchev–Trinajstić information content (AvgIpc) is 3.01. The first-order chi connectivity index (χ1) is 11.7. The molecule has 3 N–H and O–H groups in total. The van der Waals surface area contributed by atoms with Gasteiger partial charge < -0.3 is 5.32 Å². The Morgan fingerprint density at radius 3 is 2.79 bits per heavy atom. The molecule has 0 amide bonds. The molecule has 1 saturated carbocycles. The van der Waals surface area contributed by atoms with Gasteiger partial charge >= 0.3 is 0 Å². The summed E-state index contributed by atoms with van der Waals surface area (Å²) in [6, 6.07) is 0.250. The van der Waals surface area contributed by atoms with Crippen LogP contribution in [-0.4, -0.2) is 26.8 Å². The molecule has 1 aliphatic rings. The normalized spacial score (nSPS) is 15.9. The summed E-state index contributed by atoms with van der Waals surface area (Å²) < 4.78 is 2.42. The highest BCUT2D eigenvalue weighted by molar-refractivity contribution is 7.25. The van der Waals surface area contributed by atoms with Crippen molar-refractivity contribution in [3.8, 4) is 0 Å². The van der Waals surface area contributed by atoms with Crippen LogP contribution in [0.1, 0.15) is 38.1 Å². The third kappa shape index (κ3) is 2.25. The van der Waals surface area contributed by atoms with E-state index in [1.807, 2.05) is 0 Å². The largest absolute Gasteiger partial charge is 0.386 e. The van der Waals surface area contributed by atoms with Crippen LogP contribution in [-0.2, 0) is 0 Å². The molecule has 0 saturated heterocycles. The van der Waals surface area contributed by atoms with E-state index in [-0.39, 0.29) is 11.6 Å². The molecule has 0 aromatic carbocycles. The van der Waals surface area contributed by atoms with Crippen LogP contribution in [0.2, 0.25) is 0 Å². The Morgan fingerprint density at radius 1 is 1.29 bits per heavy atom. The fourth-order valence-electron chi connectivity index (χ4n) is 3.57. The van der Waals surface area contributed by atoms with Gasteiger partial charge in [-0.1, -0.05) is 19.3 Å². The third-order valence-electron chi connectivity index (χ3n) is 4.77. The van der Waals surface area contributed by atoms with Crippen molar-refractivity contribution in [2.24, 2.45) is 0 Å². The molecule has 24 heavy (non-hydrogen) atoms. The molecular formula is C16H19N5O2S. The summed E-state index contributed by atoms with van der Waals surface area (Å²) in [6.07, 6.45) is 8.87. The Kier molecular flexibility index (Phi) is 3.85. The first kappa shape index (κ1) is 15.3. The maximum absolute atomic E-state index is 13.0. The number of hydrogen-bond acceptors (Lipinski definition) is 7. The molecule has 8 heteroatoms. The molecule has 0 atom stereocenters. The Labute approximate surface area is 142 Å². The molecule has 1 fully saturated rings. The van der Waals surface area contributed by atoms with Gasteiger partial charge in [0.05, 0.1) is 23.6 Å². The summed E-state index contributed by atoms with van der Waals surface area (Å²) in [6.45, 7) is 0. The summed E-state index contributed by atoms with van der Waals surface area (Å²) in [5, 5.41) is 13.1. The fraction of sp³-hybridized carbons (Fsp3) is 0.438. The summed E-state index contributed by atoms with van der Waals surface area (Å²) >= 11 is 1.36. The molecule has 7 nitrogen and oxygen atoms in total. The molecule has 3 aromatic heterocycles. The molecule has 0 aliphatic heterocycles. The van der Waals surface area contributed by atoms with Gasteiger partial charge in [0, 0.05) is 13.1 Å². The molecule has 4 rings (SSSR count). The smallest absolute Gasteiger partial charge is 0.271 e. The van der Waals surface area contributed by atoms with E-state index in [1.165, 1.54) is 30.6 Å². The lowest BCUT2D eigenvalue weighted by Gasteiger charge is -2.23. The van der Waals surface area contributed by atoms with Gasteiger partial charge in [0.1, 0.15) is 20.7 Å². The van der Waals surface area contributed by atoms with Crippen LogP contribution in [0.3, 0.4) is 0 Å². The van der Waals surface area contributed by atoms with Crippen molar-refractivity contribution in [1.82, 2.24) is 14.5 Å². The zero-order chi connectivity index (χ0) is 16.7. The first-order valence-electron chi connectivity index (χ1n) is 8.14. The van der Waals surface area contributed by atoms with Crippen LogP contribution < -0.4 is 16.4 Å². The van der Waals surface area contributed by atoms with Crippen molar-refractivity contribution < 1.29 is 5.21 Å². The first-order valence-corrected chi connectivity index (χ1v) is 8.96. The number of nitrogens with one attached hydrogen (secondary N) is 2. The van der Waals surface area contributed by atoms with Gasteiger partial charge in [-0.2, -0.15) is 0 Å². The molecule has 126 valence electrons. The van der Waals surface area contributed by atoms with Crippen LogP contribution in [0.4, 0.5) is 11.4 Å². The van der Waals surface area contributed by atoms with Crippen molar-refractivity contribution in [3.63, 3.8) is 0 Å². The Bertz CT molecular complexity index is 958. The minimum Gasteiger partial charge on any atom is -0.386 e. The van der Waals surface area contributed by atoms with E-state index in [1.54, 1.807) is 24.1 Å². The summed E-state index contributed by atoms with van der Waals surface area (Å²) in [5.74, 6) is 0. The van der Waals surface area contributed by atoms with Crippen LogP contribution in [0.25, 0.3) is 20.4 Å². The summed E-state index contributed by atoms with van der Waals surface area (Å²) in [4.78, 5) is 22.6. The summed E-state index contributed by atoms with van der Waals surface area (Å²) in [5.41, 5.74) is 3.94. The standard InChI is InChI=1S/C16H19N5O2S/c1-17-12-10(20-23)7-18-15-11(12)13-14(24-15)16(22)21(8-19-13)9-5-3-2-4-6-9/h7-9,20,23H,2-6H2,1H3,(H,17,18). The molecule has 0 spiro atoms. The lowest BCUT2D eigenvalue weighted by molar-refractivity contribution is 0.345. The SMILES string of the molecule is CNc1c(NO)cnc2sc3c(=O)n(C4CCCCC4)cnc3c12. The zero-order valence-electron chi connectivity index (χ0n) is 13.4. The zero-order valence-corrected chi connectivity index (χ0v) is 14.2. The fourth-order valence-corrected chi connectivity index (χ4v) is 4.61. The molecule has 1 aliphatic carbocycles. The van der Waals surface area contributed by atoms with E-state index in [0.717, 1.165) is 23.1 Å². The number of anilines is 2. The lowest BCUT2D eigenvalue weighted by Crippen LogP contribution is -2.26. The van der Waals surface area contributed by atoms with Crippen LogP contribution >= 0.6 is 11.3 Å². The average molecular weight is 345 g/mol. The number of pyridine rings is 1. The number of hydrogen-bond donors (Lipinski definition) is 3. The quantitative estimate of drug-likeness (QED) is 0.631. The Morgan fingerprint density at radius 2 is 2.08 bits per heavy atom. The molecule has 0 unspecified atom stereocenters. The van der Waals surface area contributed by atoms with Gasteiger partial charge in [0.25, 0.3) is 5.56 Å².